The van der Waals surface area contributed by atoms with Crippen molar-refractivity contribution < 1.29 is 9.53 Å². The number of halogens is 1. The summed E-state index contributed by atoms with van der Waals surface area (Å²) >= 11 is 3.72. The van der Waals surface area contributed by atoms with Crippen LogP contribution < -0.4 is 0 Å². The van der Waals surface area contributed by atoms with Crippen molar-refractivity contribution in [3.8, 4) is 0 Å². The van der Waals surface area contributed by atoms with Crippen molar-refractivity contribution in [2.75, 3.05) is 13.1 Å². The number of rotatable bonds is 3. The molecule has 1 aliphatic heterocycles. The number of likely N-dealkylation sites (tertiary alicyclic amines) is 1. The Labute approximate surface area is 169 Å². The zero-order valence-corrected chi connectivity index (χ0v) is 18.1. The van der Waals surface area contributed by atoms with Crippen molar-refractivity contribution in [3.05, 3.63) is 33.9 Å². The molecule has 1 amide bonds. The van der Waals surface area contributed by atoms with E-state index < -0.39 is 5.60 Å². The Bertz CT molecular complexity index is 840. The first-order chi connectivity index (χ1) is 12.8. The molecule has 5 heteroatoms. The van der Waals surface area contributed by atoms with Gasteiger partial charge in [-0.3, -0.25) is 0 Å². The summed E-state index contributed by atoms with van der Waals surface area (Å²) in [5, 5.41) is 1.36. The van der Waals surface area contributed by atoms with Crippen LogP contribution in [0.5, 0.6) is 0 Å². The fraction of sp³-hybridized carbons (Fsp3) is 0.591. The summed E-state index contributed by atoms with van der Waals surface area (Å²) in [7, 11) is 0. The van der Waals surface area contributed by atoms with Crippen molar-refractivity contribution in [1.29, 1.82) is 0 Å². The lowest BCUT2D eigenvalue weighted by atomic mass is 9.88. The molecule has 2 heterocycles. The van der Waals surface area contributed by atoms with Gasteiger partial charge in [-0.05, 0) is 104 Å². The SMILES string of the molecule is CC(C)(C)OC(=O)N1CCC(c2ccc3[nH]c(Br)c(CC4CC4)c3c2)CC1. The second kappa shape index (κ2) is 7.16. The zero-order valence-electron chi connectivity index (χ0n) is 16.5. The number of aromatic amines is 1. The summed E-state index contributed by atoms with van der Waals surface area (Å²) in [4.78, 5) is 17.6. The van der Waals surface area contributed by atoms with E-state index in [4.69, 9.17) is 4.74 Å². The molecule has 1 saturated carbocycles. The van der Waals surface area contributed by atoms with Gasteiger partial charge in [0, 0.05) is 24.0 Å². The molecule has 4 rings (SSSR count). The number of aromatic nitrogens is 1. The van der Waals surface area contributed by atoms with E-state index in [1.807, 2.05) is 25.7 Å². The number of ether oxygens (including phenoxy) is 1. The topological polar surface area (TPSA) is 45.3 Å². The number of hydrogen-bond acceptors (Lipinski definition) is 2. The number of fused-ring (bicyclic) bond motifs is 1. The van der Waals surface area contributed by atoms with Crippen LogP contribution in [0.25, 0.3) is 10.9 Å². The second-order valence-electron chi connectivity index (χ2n) is 9.11. The number of carbonyl (C=O) groups is 1. The molecule has 2 aliphatic rings. The molecule has 1 saturated heterocycles. The van der Waals surface area contributed by atoms with Crippen LogP contribution in [0.2, 0.25) is 0 Å². The Kier molecular flexibility index (Phi) is 5.00. The summed E-state index contributed by atoms with van der Waals surface area (Å²) in [6, 6.07) is 6.84. The fourth-order valence-electron chi connectivity index (χ4n) is 4.02. The van der Waals surface area contributed by atoms with Gasteiger partial charge in [0.1, 0.15) is 5.60 Å². The van der Waals surface area contributed by atoms with Gasteiger partial charge in [0.25, 0.3) is 0 Å². The van der Waals surface area contributed by atoms with Gasteiger partial charge in [0.2, 0.25) is 0 Å². The average Bonchev–Trinajstić information content (AvgIpc) is 3.37. The van der Waals surface area contributed by atoms with Crippen LogP contribution in [0.4, 0.5) is 4.79 Å². The molecule has 0 unspecified atom stereocenters. The maximum Gasteiger partial charge on any atom is 0.410 e. The summed E-state index contributed by atoms with van der Waals surface area (Å²) < 4.78 is 6.65. The molecule has 0 spiro atoms. The van der Waals surface area contributed by atoms with E-state index in [0.717, 1.165) is 36.5 Å². The van der Waals surface area contributed by atoms with Gasteiger partial charge in [-0.15, -0.1) is 0 Å². The number of H-pyrrole nitrogens is 1. The van der Waals surface area contributed by atoms with Crippen LogP contribution in [0.3, 0.4) is 0 Å². The van der Waals surface area contributed by atoms with E-state index in [2.05, 4.69) is 39.1 Å². The molecule has 4 nitrogen and oxygen atoms in total. The van der Waals surface area contributed by atoms with Crippen LogP contribution in [0.1, 0.15) is 63.5 Å². The predicted molar refractivity (Wildman–Crippen MR) is 112 cm³/mol. The molecule has 0 atom stereocenters. The third-order valence-electron chi connectivity index (χ3n) is 5.69. The van der Waals surface area contributed by atoms with Gasteiger partial charge in [0.05, 0.1) is 4.60 Å². The number of hydrogen-bond donors (Lipinski definition) is 1. The number of carbonyl (C=O) groups excluding carboxylic acids is 1. The van der Waals surface area contributed by atoms with E-state index in [-0.39, 0.29) is 6.09 Å². The van der Waals surface area contributed by atoms with Crippen molar-refractivity contribution in [1.82, 2.24) is 9.88 Å². The van der Waals surface area contributed by atoms with Crippen molar-refractivity contribution in [2.24, 2.45) is 5.92 Å². The summed E-state index contributed by atoms with van der Waals surface area (Å²) in [6.45, 7) is 7.29. The highest BCUT2D eigenvalue weighted by Crippen LogP contribution is 2.39. The minimum atomic E-state index is -0.432. The lowest BCUT2D eigenvalue weighted by Crippen LogP contribution is -2.41. The standard InChI is InChI=1S/C22H29BrN2O2/c1-22(2,3)27-21(26)25-10-8-15(9-11-25)16-6-7-19-17(13-16)18(20(23)24-19)12-14-4-5-14/h6-7,13-15,24H,4-5,8-12H2,1-3H3. The Morgan fingerprint density at radius 1 is 1.22 bits per heavy atom. The van der Waals surface area contributed by atoms with Crippen molar-refractivity contribution in [3.63, 3.8) is 0 Å². The average molecular weight is 433 g/mol. The highest BCUT2D eigenvalue weighted by molar-refractivity contribution is 9.10. The Morgan fingerprint density at radius 3 is 2.56 bits per heavy atom. The highest BCUT2D eigenvalue weighted by atomic mass is 79.9. The quantitative estimate of drug-likeness (QED) is 0.646. The number of piperidine rings is 1. The lowest BCUT2D eigenvalue weighted by Gasteiger charge is -2.33. The smallest absolute Gasteiger partial charge is 0.410 e. The molecule has 0 bridgehead atoms. The van der Waals surface area contributed by atoms with Gasteiger partial charge in [-0.25, -0.2) is 4.79 Å². The van der Waals surface area contributed by atoms with Gasteiger partial charge >= 0.3 is 6.09 Å². The molecule has 1 aromatic heterocycles. The largest absolute Gasteiger partial charge is 0.444 e. The van der Waals surface area contributed by atoms with Gasteiger partial charge in [0.15, 0.2) is 0 Å². The van der Waals surface area contributed by atoms with Crippen molar-refractivity contribution in [2.45, 2.75) is 64.4 Å². The van der Waals surface area contributed by atoms with Crippen LogP contribution in [0.15, 0.2) is 22.8 Å². The minimum Gasteiger partial charge on any atom is -0.444 e. The zero-order chi connectivity index (χ0) is 19.2. The Balaban J connectivity index is 1.46. The van der Waals surface area contributed by atoms with Gasteiger partial charge in [-0.2, -0.15) is 0 Å². The monoisotopic (exact) mass is 432 g/mol. The molecule has 1 aromatic carbocycles. The first-order valence-electron chi connectivity index (χ1n) is 10.1. The summed E-state index contributed by atoms with van der Waals surface area (Å²) in [6.07, 6.45) is 5.70. The molecule has 1 N–H and O–H groups in total. The number of amides is 1. The van der Waals surface area contributed by atoms with E-state index in [1.165, 1.54) is 41.3 Å². The fourth-order valence-corrected chi connectivity index (χ4v) is 4.61. The number of nitrogens with zero attached hydrogens (tertiary/aromatic N) is 1. The van der Waals surface area contributed by atoms with Crippen LogP contribution >= 0.6 is 15.9 Å². The minimum absolute atomic E-state index is 0.183. The second-order valence-corrected chi connectivity index (χ2v) is 9.90. The van der Waals surface area contributed by atoms with Crippen LogP contribution in [0, 0.1) is 5.92 Å². The van der Waals surface area contributed by atoms with E-state index >= 15 is 0 Å². The van der Waals surface area contributed by atoms with E-state index in [9.17, 15) is 4.79 Å². The maximum atomic E-state index is 12.3. The van der Waals surface area contributed by atoms with Crippen molar-refractivity contribution >= 4 is 32.9 Å². The molecular formula is C22H29BrN2O2. The van der Waals surface area contributed by atoms with Crippen LogP contribution in [-0.4, -0.2) is 34.7 Å². The molecule has 27 heavy (non-hydrogen) atoms. The maximum absolute atomic E-state index is 12.3. The summed E-state index contributed by atoms with van der Waals surface area (Å²) in [5.74, 6) is 1.37. The first-order valence-corrected chi connectivity index (χ1v) is 10.9. The van der Waals surface area contributed by atoms with Gasteiger partial charge in [-0.1, -0.05) is 6.07 Å². The van der Waals surface area contributed by atoms with Gasteiger partial charge < -0.3 is 14.6 Å². The molecule has 2 aromatic rings. The highest BCUT2D eigenvalue weighted by Gasteiger charge is 2.28. The molecular weight excluding hydrogens is 404 g/mol. The Morgan fingerprint density at radius 2 is 1.93 bits per heavy atom. The third-order valence-corrected chi connectivity index (χ3v) is 6.36. The molecule has 2 fully saturated rings. The molecule has 146 valence electrons. The molecule has 1 aliphatic carbocycles. The first kappa shape index (κ1) is 18.9. The molecule has 0 radical (unpaired) electrons. The number of nitrogens with one attached hydrogen (secondary N) is 1. The predicted octanol–water partition coefficient (Wildman–Crippen LogP) is 6.00. The summed E-state index contributed by atoms with van der Waals surface area (Å²) in [5.41, 5.74) is 3.61. The van der Waals surface area contributed by atoms with Crippen LogP contribution in [-0.2, 0) is 11.2 Å². The number of benzene rings is 1. The normalized spacial score (nSPS) is 18.9. The van der Waals surface area contributed by atoms with E-state index in [1.54, 1.807) is 0 Å². The Hall–Kier alpha value is -1.49. The third kappa shape index (κ3) is 4.34. The lowest BCUT2D eigenvalue weighted by molar-refractivity contribution is 0.0205. The van der Waals surface area contributed by atoms with E-state index in [0.29, 0.717) is 5.92 Å².